The minimum Gasteiger partial charge on any atom is -0.366 e. The van der Waals surface area contributed by atoms with Crippen molar-refractivity contribution in [1.29, 1.82) is 0 Å². The second kappa shape index (κ2) is 5.86. The first-order valence-corrected chi connectivity index (χ1v) is 8.56. The topological polar surface area (TPSA) is 131 Å². The molecular weight excluding hydrogens is 342 g/mol. The van der Waals surface area contributed by atoms with E-state index in [-0.39, 0.29) is 34.5 Å². The van der Waals surface area contributed by atoms with Gasteiger partial charge in [0.05, 0.1) is 11.9 Å². The number of fused-ring (bicyclic) bond motifs is 1. The van der Waals surface area contributed by atoms with Crippen LogP contribution in [0.25, 0.3) is 11.2 Å². The van der Waals surface area contributed by atoms with Gasteiger partial charge in [-0.05, 0) is 19.8 Å². The van der Waals surface area contributed by atoms with Crippen LogP contribution in [-0.4, -0.2) is 48.5 Å². The molecule has 0 radical (unpaired) electrons. The van der Waals surface area contributed by atoms with Crippen LogP contribution in [0.2, 0.25) is 0 Å². The molecule has 0 bridgehead atoms. The molecule has 2 aliphatic rings. The van der Waals surface area contributed by atoms with Gasteiger partial charge in [-0.1, -0.05) is 13.8 Å². The number of amides is 1. The zero-order chi connectivity index (χ0) is 18.6. The molecule has 2 fully saturated rings. The average molecular weight is 363 g/mol. The molecule has 3 heterocycles. The van der Waals surface area contributed by atoms with Crippen molar-refractivity contribution in [2.75, 3.05) is 5.32 Å². The summed E-state index contributed by atoms with van der Waals surface area (Å²) in [5.74, 6) is -0.491. The van der Waals surface area contributed by atoms with Gasteiger partial charge in [-0.15, -0.1) is 0 Å². The van der Waals surface area contributed by atoms with E-state index < -0.39 is 24.2 Å². The summed E-state index contributed by atoms with van der Waals surface area (Å²) in [6.07, 6.45) is 1.01. The van der Waals surface area contributed by atoms with Gasteiger partial charge in [-0.3, -0.25) is 24.5 Å². The Morgan fingerprint density at radius 1 is 1.54 bits per heavy atom. The standard InChI is InChI=1S/C16H21N5O5/c1-7(2)11(22)19-15-18-10-8(12(23)20-15)17-6-21(10)13-9(14(24)25-13)26-16(3)4-5-16/h6-7,9,13-14,24H,4-5H2,1-3H3,(H2,18,19,20,22,23)/t9-,13-,14?/m1/s1. The quantitative estimate of drug-likeness (QED) is 0.705. The fraction of sp³-hybridized carbons (Fsp3) is 0.625. The number of imidazole rings is 1. The first-order valence-electron chi connectivity index (χ1n) is 8.56. The molecule has 1 unspecified atom stereocenters. The highest BCUT2D eigenvalue weighted by atomic mass is 16.7. The number of carbonyl (C=O) groups is 1. The summed E-state index contributed by atoms with van der Waals surface area (Å²) in [5.41, 5.74) is -0.349. The minimum atomic E-state index is -1.04. The largest absolute Gasteiger partial charge is 0.366 e. The van der Waals surface area contributed by atoms with Gasteiger partial charge in [0.25, 0.3) is 5.56 Å². The summed E-state index contributed by atoms with van der Waals surface area (Å²) in [5, 5.41) is 12.5. The second-order valence-corrected chi connectivity index (χ2v) is 7.33. The molecule has 10 heteroatoms. The molecule has 1 aliphatic carbocycles. The van der Waals surface area contributed by atoms with E-state index in [0.717, 1.165) is 12.8 Å². The van der Waals surface area contributed by atoms with Gasteiger partial charge < -0.3 is 14.6 Å². The van der Waals surface area contributed by atoms with E-state index in [1.165, 1.54) is 6.33 Å². The lowest BCUT2D eigenvalue weighted by atomic mass is 10.2. The van der Waals surface area contributed by atoms with E-state index in [1.54, 1.807) is 18.4 Å². The Kier molecular flexibility index (Phi) is 3.86. The Hall–Kier alpha value is -2.30. The third-order valence-corrected chi connectivity index (χ3v) is 4.69. The molecule has 0 spiro atoms. The van der Waals surface area contributed by atoms with Gasteiger partial charge >= 0.3 is 0 Å². The maximum atomic E-state index is 12.2. The molecule has 10 nitrogen and oxygen atoms in total. The van der Waals surface area contributed by atoms with Crippen LogP contribution in [0.15, 0.2) is 11.1 Å². The number of aliphatic hydroxyl groups excluding tert-OH is 1. The number of aromatic amines is 1. The van der Waals surface area contributed by atoms with Crippen LogP contribution >= 0.6 is 0 Å². The highest BCUT2D eigenvalue weighted by molar-refractivity contribution is 5.91. The van der Waals surface area contributed by atoms with Crippen molar-refractivity contribution in [3.63, 3.8) is 0 Å². The van der Waals surface area contributed by atoms with Crippen molar-refractivity contribution in [1.82, 2.24) is 19.5 Å². The zero-order valence-electron chi connectivity index (χ0n) is 14.7. The number of nitrogens with one attached hydrogen (secondary N) is 2. The van der Waals surface area contributed by atoms with E-state index in [9.17, 15) is 14.7 Å². The van der Waals surface area contributed by atoms with Crippen LogP contribution in [0.1, 0.15) is 39.8 Å². The Balaban J connectivity index is 1.66. The predicted molar refractivity (Wildman–Crippen MR) is 90.3 cm³/mol. The van der Waals surface area contributed by atoms with Crippen molar-refractivity contribution in [3.8, 4) is 0 Å². The van der Waals surface area contributed by atoms with Gasteiger partial charge in [-0.25, -0.2) is 4.98 Å². The molecule has 0 aromatic carbocycles. The van der Waals surface area contributed by atoms with Gasteiger partial charge in [0.1, 0.15) is 0 Å². The first kappa shape index (κ1) is 17.1. The molecule has 140 valence electrons. The minimum absolute atomic E-state index is 0.0365. The highest BCUT2D eigenvalue weighted by Gasteiger charge is 2.51. The average Bonchev–Trinajstić information content (AvgIpc) is 3.16. The molecule has 3 atom stereocenters. The molecule has 3 N–H and O–H groups in total. The van der Waals surface area contributed by atoms with Crippen LogP contribution in [0, 0.1) is 5.92 Å². The molecule has 2 aromatic rings. The Bertz CT molecular complexity index is 915. The van der Waals surface area contributed by atoms with E-state index in [4.69, 9.17) is 9.47 Å². The molecule has 26 heavy (non-hydrogen) atoms. The number of carbonyl (C=O) groups excluding carboxylic acids is 1. The molecule has 4 rings (SSSR count). The lowest BCUT2D eigenvalue weighted by Crippen LogP contribution is -2.53. The first-order chi connectivity index (χ1) is 12.3. The molecule has 1 aliphatic heterocycles. The van der Waals surface area contributed by atoms with Crippen molar-refractivity contribution in [3.05, 3.63) is 16.7 Å². The second-order valence-electron chi connectivity index (χ2n) is 7.33. The van der Waals surface area contributed by atoms with E-state index in [2.05, 4.69) is 20.3 Å². The van der Waals surface area contributed by atoms with Crippen LogP contribution in [0.5, 0.6) is 0 Å². The Morgan fingerprint density at radius 2 is 2.27 bits per heavy atom. The van der Waals surface area contributed by atoms with Gasteiger partial charge in [0, 0.05) is 5.92 Å². The smallest absolute Gasteiger partial charge is 0.280 e. The highest BCUT2D eigenvalue weighted by Crippen LogP contribution is 2.45. The summed E-state index contributed by atoms with van der Waals surface area (Å²) >= 11 is 0. The Labute approximate surface area is 148 Å². The normalized spacial score (nSPS) is 26.7. The number of aromatic nitrogens is 4. The molecule has 1 amide bonds. The van der Waals surface area contributed by atoms with Crippen LogP contribution in [0.3, 0.4) is 0 Å². The summed E-state index contributed by atoms with van der Waals surface area (Å²) in [6, 6.07) is 0. The number of aliphatic hydroxyl groups is 1. The summed E-state index contributed by atoms with van der Waals surface area (Å²) in [4.78, 5) is 35.0. The summed E-state index contributed by atoms with van der Waals surface area (Å²) in [6.45, 7) is 5.45. The molecule has 2 aromatic heterocycles. The third kappa shape index (κ3) is 2.89. The predicted octanol–water partition coefficient (Wildman–Crippen LogP) is 0.499. The molecule has 1 saturated carbocycles. The van der Waals surface area contributed by atoms with Gasteiger partial charge in [0.2, 0.25) is 11.9 Å². The van der Waals surface area contributed by atoms with Gasteiger partial charge in [0.15, 0.2) is 29.8 Å². The lowest BCUT2D eigenvalue weighted by molar-refractivity contribution is -0.353. The van der Waals surface area contributed by atoms with Crippen molar-refractivity contribution >= 4 is 23.0 Å². The number of hydrogen-bond acceptors (Lipinski definition) is 7. The molecular formula is C16H21N5O5. The van der Waals surface area contributed by atoms with Gasteiger partial charge in [-0.2, -0.15) is 4.98 Å². The fourth-order valence-electron chi connectivity index (χ4n) is 2.74. The number of ether oxygens (including phenoxy) is 2. The third-order valence-electron chi connectivity index (χ3n) is 4.69. The maximum Gasteiger partial charge on any atom is 0.280 e. The van der Waals surface area contributed by atoms with E-state index in [0.29, 0.717) is 0 Å². The SMILES string of the molecule is CC(C)C(=O)Nc1nc2c(ncn2[C@@H]2OC(O)[C@@H]2OC2(C)CC2)c(=O)[nH]1. The number of hydrogen-bond donors (Lipinski definition) is 3. The zero-order valence-corrected chi connectivity index (χ0v) is 14.7. The van der Waals surface area contributed by atoms with Crippen molar-refractivity contribution in [2.45, 2.75) is 57.8 Å². The van der Waals surface area contributed by atoms with Crippen LogP contribution < -0.4 is 10.9 Å². The maximum absolute atomic E-state index is 12.2. The Morgan fingerprint density at radius 3 is 2.88 bits per heavy atom. The van der Waals surface area contributed by atoms with E-state index >= 15 is 0 Å². The number of H-pyrrole nitrogens is 1. The van der Waals surface area contributed by atoms with Crippen LogP contribution in [0.4, 0.5) is 5.95 Å². The van der Waals surface area contributed by atoms with E-state index in [1.807, 2.05) is 6.92 Å². The summed E-state index contributed by atoms with van der Waals surface area (Å²) < 4.78 is 12.9. The fourth-order valence-corrected chi connectivity index (χ4v) is 2.74. The van der Waals surface area contributed by atoms with Crippen molar-refractivity contribution < 1.29 is 19.4 Å². The molecule has 1 saturated heterocycles. The van der Waals surface area contributed by atoms with Crippen LogP contribution in [-0.2, 0) is 14.3 Å². The lowest BCUT2D eigenvalue weighted by Gasteiger charge is -2.42. The number of nitrogens with zero attached hydrogens (tertiary/aromatic N) is 3. The van der Waals surface area contributed by atoms with Crippen molar-refractivity contribution in [2.24, 2.45) is 5.92 Å². The number of anilines is 1. The number of rotatable bonds is 5. The monoisotopic (exact) mass is 363 g/mol. The summed E-state index contributed by atoms with van der Waals surface area (Å²) in [7, 11) is 0.